The van der Waals surface area contributed by atoms with Gasteiger partial charge in [0.15, 0.2) is 0 Å². The Morgan fingerprint density at radius 2 is 1.81 bits per heavy atom. The van der Waals surface area contributed by atoms with E-state index >= 15 is 0 Å². The summed E-state index contributed by atoms with van der Waals surface area (Å²) >= 11 is 0. The monoisotopic (exact) mass is 223 g/mol. The van der Waals surface area contributed by atoms with E-state index in [1.165, 1.54) is 5.56 Å². The largest absolute Gasteiger partial charge is 0.508 e. The van der Waals surface area contributed by atoms with Gasteiger partial charge in [0, 0.05) is 6.04 Å². The van der Waals surface area contributed by atoms with Crippen molar-refractivity contribution in [3.05, 3.63) is 29.8 Å². The van der Waals surface area contributed by atoms with Gasteiger partial charge >= 0.3 is 0 Å². The van der Waals surface area contributed by atoms with Crippen LogP contribution in [0.4, 0.5) is 0 Å². The van der Waals surface area contributed by atoms with Crippen molar-refractivity contribution >= 4 is 0 Å². The van der Waals surface area contributed by atoms with Crippen LogP contribution in [0.3, 0.4) is 0 Å². The first-order chi connectivity index (χ1) is 7.58. The number of hydroxylamine groups is 1. The van der Waals surface area contributed by atoms with Crippen molar-refractivity contribution in [1.29, 1.82) is 0 Å². The Balaban J connectivity index is 2.28. The second-order valence-electron chi connectivity index (χ2n) is 4.59. The Kier molecular flexibility index (Phi) is 5.29. The molecule has 0 saturated carbocycles. The minimum Gasteiger partial charge on any atom is -0.508 e. The third-order valence-corrected chi connectivity index (χ3v) is 2.18. The number of hydrogen-bond donors (Lipinski definition) is 2. The minimum absolute atomic E-state index is 0.267. The van der Waals surface area contributed by atoms with Crippen molar-refractivity contribution in [1.82, 2.24) is 5.48 Å². The van der Waals surface area contributed by atoms with Gasteiger partial charge in [-0.1, -0.05) is 26.0 Å². The second kappa shape index (κ2) is 6.51. The Hall–Kier alpha value is -1.06. The molecule has 1 aromatic carbocycles. The number of benzene rings is 1. The summed E-state index contributed by atoms with van der Waals surface area (Å²) in [5.41, 5.74) is 4.20. The summed E-state index contributed by atoms with van der Waals surface area (Å²) in [7, 11) is 0. The molecule has 0 heterocycles. The summed E-state index contributed by atoms with van der Waals surface area (Å²) < 4.78 is 0. The highest BCUT2D eigenvalue weighted by molar-refractivity contribution is 5.26. The topological polar surface area (TPSA) is 41.5 Å². The van der Waals surface area contributed by atoms with Crippen LogP contribution in [0, 0.1) is 5.92 Å². The van der Waals surface area contributed by atoms with E-state index in [0.29, 0.717) is 11.7 Å². The van der Waals surface area contributed by atoms with Crippen molar-refractivity contribution in [2.45, 2.75) is 33.2 Å². The molecule has 3 heteroatoms. The maximum atomic E-state index is 9.15. The van der Waals surface area contributed by atoms with Gasteiger partial charge in [-0.25, -0.2) is 0 Å². The number of hydrogen-bond acceptors (Lipinski definition) is 3. The van der Waals surface area contributed by atoms with E-state index in [1.807, 2.05) is 12.1 Å². The summed E-state index contributed by atoms with van der Waals surface area (Å²) in [5, 5.41) is 9.15. The fourth-order valence-electron chi connectivity index (χ4n) is 1.38. The van der Waals surface area contributed by atoms with E-state index in [9.17, 15) is 0 Å². The zero-order valence-corrected chi connectivity index (χ0v) is 10.2. The first-order valence-corrected chi connectivity index (χ1v) is 5.73. The Labute approximate surface area is 97.4 Å². The number of phenolic OH excluding ortho intramolecular Hbond substituents is 1. The van der Waals surface area contributed by atoms with Crippen LogP contribution in [-0.2, 0) is 11.3 Å². The predicted molar refractivity (Wildman–Crippen MR) is 65.2 cm³/mol. The smallest absolute Gasteiger partial charge is 0.115 e. The van der Waals surface area contributed by atoms with Crippen LogP contribution in [0.1, 0.15) is 26.3 Å². The maximum absolute atomic E-state index is 9.15. The Morgan fingerprint density at radius 3 is 2.38 bits per heavy atom. The summed E-state index contributed by atoms with van der Waals surface area (Å²) in [6.45, 7) is 7.03. The molecular formula is C13H21NO2. The van der Waals surface area contributed by atoms with Crippen LogP contribution >= 0.6 is 0 Å². The fraction of sp³-hybridized carbons (Fsp3) is 0.538. The Bertz CT molecular complexity index is 295. The van der Waals surface area contributed by atoms with Crippen LogP contribution in [0.5, 0.6) is 5.75 Å². The third-order valence-electron chi connectivity index (χ3n) is 2.18. The van der Waals surface area contributed by atoms with Gasteiger partial charge in [0.25, 0.3) is 0 Å². The first-order valence-electron chi connectivity index (χ1n) is 5.73. The molecule has 0 saturated heterocycles. The van der Waals surface area contributed by atoms with Crippen LogP contribution in [-0.4, -0.2) is 17.8 Å². The molecule has 90 valence electrons. The molecule has 1 unspecified atom stereocenters. The summed E-state index contributed by atoms with van der Waals surface area (Å²) in [6, 6.07) is 7.53. The van der Waals surface area contributed by atoms with Gasteiger partial charge in [-0.05, 0) is 37.0 Å². The highest BCUT2D eigenvalue weighted by Crippen LogP contribution is 2.11. The highest BCUT2D eigenvalue weighted by Gasteiger charge is 2.03. The summed E-state index contributed by atoms with van der Waals surface area (Å²) in [5.74, 6) is 0.841. The van der Waals surface area contributed by atoms with Gasteiger partial charge in [0.1, 0.15) is 5.75 Å². The van der Waals surface area contributed by atoms with Crippen LogP contribution in [0.25, 0.3) is 0 Å². The number of nitrogens with one attached hydrogen (secondary N) is 1. The average Bonchev–Trinajstić information content (AvgIpc) is 2.21. The van der Waals surface area contributed by atoms with Gasteiger partial charge < -0.3 is 9.94 Å². The van der Waals surface area contributed by atoms with Gasteiger partial charge in [0.2, 0.25) is 0 Å². The molecule has 3 nitrogen and oxygen atoms in total. The molecule has 0 aliphatic rings. The molecule has 0 amide bonds. The molecular weight excluding hydrogens is 202 g/mol. The molecule has 16 heavy (non-hydrogen) atoms. The van der Waals surface area contributed by atoms with Crippen molar-refractivity contribution in [2.24, 2.45) is 5.92 Å². The molecule has 0 aliphatic carbocycles. The lowest BCUT2D eigenvalue weighted by Gasteiger charge is -2.14. The lowest BCUT2D eigenvalue weighted by Crippen LogP contribution is -2.29. The highest BCUT2D eigenvalue weighted by atomic mass is 16.6. The lowest BCUT2D eigenvalue weighted by molar-refractivity contribution is 0.00473. The fourth-order valence-corrected chi connectivity index (χ4v) is 1.38. The van der Waals surface area contributed by atoms with Crippen LogP contribution in [0.2, 0.25) is 0 Å². The second-order valence-corrected chi connectivity index (χ2v) is 4.59. The zero-order valence-electron chi connectivity index (χ0n) is 10.2. The van der Waals surface area contributed by atoms with Gasteiger partial charge in [-0.3, -0.25) is 0 Å². The normalized spacial score (nSPS) is 13.0. The summed E-state index contributed by atoms with van der Waals surface area (Å²) in [6.07, 6.45) is 0.887. The molecule has 1 atom stereocenters. The molecule has 2 N–H and O–H groups in total. The van der Waals surface area contributed by atoms with Crippen LogP contribution in [0.15, 0.2) is 24.3 Å². The standard InChI is InChI=1S/C13H21NO2/c1-10(2)9-16-14-11(3)8-12-4-6-13(15)7-5-12/h4-7,10-11,14-15H,8-9H2,1-3H3. The van der Waals surface area contributed by atoms with E-state index in [2.05, 4.69) is 26.3 Å². The molecule has 0 bridgehead atoms. The molecule has 0 radical (unpaired) electrons. The number of phenols is 1. The van der Waals surface area contributed by atoms with E-state index in [-0.39, 0.29) is 6.04 Å². The SMILES string of the molecule is CC(C)CONC(C)Cc1ccc(O)cc1. The molecule has 1 rings (SSSR count). The minimum atomic E-state index is 0.267. The average molecular weight is 223 g/mol. The number of rotatable bonds is 6. The molecule has 1 aromatic rings. The summed E-state index contributed by atoms with van der Waals surface area (Å²) in [4.78, 5) is 5.35. The number of aromatic hydroxyl groups is 1. The predicted octanol–water partition coefficient (Wildman–Crippen LogP) is 2.50. The Morgan fingerprint density at radius 1 is 1.19 bits per heavy atom. The van der Waals surface area contributed by atoms with Gasteiger partial charge in [-0.15, -0.1) is 0 Å². The molecule has 0 fully saturated rings. The van der Waals surface area contributed by atoms with Crippen molar-refractivity contribution < 1.29 is 9.94 Å². The van der Waals surface area contributed by atoms with Crippen molar-refractivity contribution in [3.8, 4) is 5.75 Å². The van der Waals surface area contributed by atoms with Crippen molar-refractivity contribution in [3.63, 3.8) is 0 Å². The van der Waals surface area contributed by atoms with E-state index in [0.717, 1.165) is 13.0 Å². The first kappa shape index (κ1) is 13.0. The van der Waals surface area contributed by atoms with E-state index in [1.54, 1.807) is 12.1 Å². The van der Waals surface area contributed by atoms with Gasteiger partial charge in [-0.2, -0.15) is 5.48 Å². The molecule has 0 spiro atoms. The zero-order chi connectivity index (χ0) is 12.0. The van der Waals surface area contributed by atoms with Crippen molar-refractivity contribution in [2.75, 3.05) is 6.61 Å². The quantitative estimate of drug-likeness (QED) is 0.728. The maximum Gasteiger partial charge on any atom is 0.115 e. The molecule has 0 aliphatic heterocycles. The molecule has 0 aromatic heterocycles. The van der Waals surface area contributed by atoms with Crippen LogP contribution < -0.4 is 5.48 Å². The van der Waals surface area contributed by atoms with E-state index in [4.69, 9.17) is 9.94 Å². The lowest BCUT2D eigenvalue weighted by atomic mass is 10.1. The van der Waals surface area contributed by atoms with Gasteiger partial charge in [0.05, 0.1) is 6.61 Å². The van der Waals surface area contributed by atoms with E-state index < -0.39 is 0 Å². The third kappa shape index (κ3) is 5.14.